The van der Waals surface area contributed by atoms with Crippen molar-refractivity contribution in [3.8, 4) is 0 Å². The lowest BCUT2D eigenvalue weighted by atomic mass is 10.2. The summed E-state index contributed by atoms with van der Waals surface area (Å²) in [4.78, 5) is 20.3. The van der Waals surface area contributed by atoms with Gasteiger partial charge < -0.3 is 16.4 Å². The van der Waals surface area contributed by atoms with Gasteiger partial charge in [-0.3, -0.25) is 4.79 Å². The van der Waals surface area contributed by atoms with Crippen molar-refractivity contribution >= 4 is 17.5 Å². The zero-order valence-electron chi connectivity index (χ0n) is 11.7. The van der Waals surface area contributed by atoms with E-state index in [1.807, 2.05) is 20.8 Å². The molecule has 0 atom stereocenters. The molecule has 0 unspecified atom stereocenters. The van der Waals surface area contributed by atoms with Gasteiger partial charge in [0.1, 0.15) is 17.5 Å². The SMILES string of the molecule is Cc1c(N)nc(C(C)C)nc1NCC(=O)NC1CC1. The topological polar surface area (TPSA) is 92.9 Å². The molecule has 19 heavy (non-hydrogen) atoms. The van der Waals surface area contributed by atoms with Crippen molar-refractivity contribution in [1.82, 2.24) is 15.3 Å². The summed E-state index contributed by atoms with van der Waals surface area (Å²) in [6.45, 7) is 6.08. The standard InChI is InChI=1S/C13H21N5O/c1-7(2)12-17-11(14)8(3)13(18-12)15-6-10(19)16-9-4-5-9/h7,9H,4-6H2,1-3H3,(H,16,19)(H3,14,15,17,18). The van der Waals surface area contributed by atoms with Gasteiger partial charge in [0, 0.05) is 17.5 Å². The molecule has 104 valence electrons. The first kappa shape index (κ1) is 13.6. The predicted octanol–water partition coefficient (Wildman–Crippen LogP) is 1.18. The Morgan fingerprint density at radius 3 is 2.68 bits per heavy atom. The Morgan fingerprint density at radius 1 is 1.42 bits per heavy atom. The molecule has 1 aromatic rings. The summed E-state index contributed by atoms with van der Waals surface area (Å²) in [5.74, 6) is 1.98. The number of nitrogens with zero attached hydrogens (tertiary/aromatic N) is 2. The number of carbonyl (C=O) groups excluding carboxylic acids is 1. The number of hydrogen-bond donors (Lipinski definition) is 3. The molecule has 0 spiro atoms. The van der Waals surface area contributed by atoms with Crippen molar-refractivity contribution in [3.63, 3.8) is 0 Å². The van der Waals surface area contributed by atoms with Crippen LogP contribution in [0.25, 0.3) is 0 Å². The first-order valence-electron chi connectivity index (χ1n) is 6.64. The van der Waals surface area contributed by atoms with Gasteiger partial charge in [-0.1, -0.05) is 13.8 Å². The number of carbonyl (C=O) groups is 1. The van der Waals surface area contributed by atoms with Crippen molar-refractivity contribution in [2.24, 2.45) is 0 Å². The van der Waals surface area contributed by atoms with Gasteiger partial charge in [0.15, 0.2) is 0 Å². The third-order valence-corrected chi connectivity index (χ3v) is 3.08. The van der Waals surface area contributed by atoms with E-state index in [4.69, 9.17) is 5.73 Å². The van der Waals surface area contributed by atoms with Gasteiger partial charge in [-0.25, -0.2) is 9.97 Å². The highest BCUT2D eigenvalue weighted by atomic mass is 16.2. The summed E-state index contributed by atoms with van der Waals surface area (Å²) >= 11 is 0. The second-order valence-electron chi connectivity index (χ2n) is 5.29. The molecule has 1 aromatic heterocycles. The van der Waals surface area contributed by atoms with Crippen LogP contribution < -0.4 is 16.4 Å². The quantitative estimate of drug-likeness (QED) is 0.741. The second kappa shape index (κ2) is 5.42. The predicted molar refractivity (Wildman–Crippen MR) is 74.9 cm³/mol. The summed E-state index contributed by atoms with van der Waals surface area (Å²) in [6.07, 6.45) is 2.17. The second-order valence-corrected chi connectivity index (χ2v) is 5.29. The molecule has 1 heterocycles. The van der Waals surface area contributed by atoms with Crippen molar-refractivity contribution < 1.29 is 4.79 Å². The van der Waals surface area contributed by atoms with E-state index in [1.54, 1.807) is 0 Å². The van der Waals surface area contributed by atoms with E-state index in [-0.39, 0.29) is 18.4 Å². The molecule has 4 N–H and O–H groups in total. The fraction of sp³-hybridized carbons (Fsp3) is 0.615. The first-order valence-corrected chi connectivity index (χ1v) is 6.64. The zero-order chi connectivity index (χ0) is 14.0. The molecular formula is C13H21N5O. The largest absolute Gasteiger partial charge is 0.383 e. The molecular weight excluding hydrogens is 242 g/mol. The van der Waals surface area contributed by atoms with E-state index in [0.29, 0.717) is 23.5 Å². The molecule has 1 fully saturated rings. The third-order valence-electron chi connectivity index (χ3n) is 3.08. The van der Waals surface area contributed by atoms with Crippen LogP contribution in [-0.4, -0.2) is 28.5 Å². The van der Waals surface area contributed by atoms with Gasteiger partial charge in [-0.2, -0.15) is 0 Å². The Balaban J connectivity index is 2.03. The number of nitrogens with two attached hydrogens (primary N) is 1. The Kier molecular flexibility index (Phi) is 3.87. The van der Waals surface area contributed by atoms with Crippen molar-refractivity contribution in [2.45, 2.75) is 45.6 Å². The number of amides is 1. The van der Waals surface area contributed by atoms with Gasteiger partial charge >= 0.3 is 0 Å². The lowest BCUT2D eigenvalue weighted by molar-refractivity contribution is -0.119. The maximum absolute atomic E-state index is 11.6. The highest BCUT2D eigenvalue weighted by Crippen LogP contribution is 2.21. The van der Waals surface area contributed by atoms with E-state index in [1.165, 1.54) is 0 Å². The normalized spacial score (nSPS) is 14.5. The number of hydrogen-bond acceptors (Lipinski definition) is 5. The first-order chi connectivity index (χ1) is 8.97. The van der Waals surface area contributed by atoms with Gasteiger partial charge in [-0.15, -0.1) is 0 Å². The van der Waals surface area contributed by atoms with Crippen molar-refractivity contribution in [2.75, 3.05) is 17.6 Å². The van der Waals surface area contributed by atoms with Crippen LogP contribution in [-0.2, 0) is 4.79 Å². The molecule has 2 rings (SSSR count). The zero-order valence-corrected chi connectivity index (χ0v) is 11.7. The minimum Gasteiger partial charge on any atom is -0.383 e. The lowest BCUT2D eigenvalue weighted by Crippen LogP contribution is -2.31. The van der Waals surface area contributed by atoms with Gasteiger partial charge in [-0.05, 0) is 19.8 Å². The molecule has 0 aliphatic heterocycles. The molecule has 1 saturated carbocycles. The highest BCUT2D eigenvalue weighted by Gasteiger charge is 2.23. The maximum atomic E-state index is 11.6. The third kappa shape index (κ3) is 3.56. The minimum atomic E-state index is -0.00909. The monoisotopic (exact) mass is 263 g/mol. The van der Waals surface area contributed by atoms with Crippen LogP contribution >= 0.6 is 0 Å². The van der Waals surface area contributed by atoms with Gasteiger partial charge in [0.05, 0.1) is 6.54 Å². The van der Waals surface area contributed by atoms with Crippen LogP contribution in [0.15, 0.2) is 0 Å². The number of nitrogens with one attached hydrogen (secondary N) is 2. The van der Waals surface area contributed by atoms with Gasteiger partial charge in [0.25, 0.3) is 0 Å². The van der Waals surface area contributed by atoms with Gasteiger partial charge in [0.2, 0.25) is 5.91 Å². The molecule has 6 nitrogen and oxygen atoms in total. The minimum absolute atomic E-state index is 0.00909. The van der Waals surface area contributed by atoms with Crippen LogP contribution in [0, 0.1) is 6.92 Å². The number of nitrogen functional groups attached to an aromatic ring is 1. The van der Waals surface area contributed by atoms with E-state index in [9.17, 15) is 4.79 Å². The van der Waals surface area contributed by atoms with E-state index >= 15 is 0 Å². The Labute approximate surface area is 113 Å². The fourth-order valence-corrected chi connectivity index (χ4v) is 1.65. The molecule has 1 aliphatic carbocycles. The fourth-order valence-electron chi connectivity index (χ4n) is 1.65. The van der Waals surface area contributed by atoms with E-state index in [0.717, 1.165) is 18.4 Å². The van der Waals surface area contributed by atoms with Crippen LogP contribution in [0.3, 0.4) is 0 Å². The Hall–Kier alpha value is -1.85. The molecule has 1 amide bonds. The average molecular weight is 263 g/mol. The summed E-state index contributed by atoms with van der Waals surface area (Å²) in [5.41, 5.74) is 6.65. The smallest absolute Gasteiger partial charge is 0.239 e. The molecule has 0 bridgehead atoms. The van der Waals surface area contributed by atoms with E-state index < -0.39 is 0 Å². The summed E-state index contributed by atoms with van der Waals surface area (Å²) in [6, 6.07) is 0.372. The summed E-state index contributed by atoms with van der Waals surface area (Å²) < 4.78 is 0. The number of aromatic nitrogens is 2. The van der Waals surface area contributed by atoms with Crippen molar-refractivity contribution in [3.05, 3.63) is 11.4 Å². The molecule has 1 aliphatic rings. The van der Waals surface area contributed by atoms with Crippen LogP contribution in [0.4, 0.5) is 11.6 Å². The molecule has 0 aromatic carbocycles. The Morgan fingerprint density at radius 2 is 2.11 bits per heavy atom. The van der Waals surface area contributed by atoms with Crippen LogP contribution in [0.5, 0.6) is 0 Å². The molecule has 0 radical (unpaired) electrons. The lowest BCUT2D eigenvalue weighted by Gasteiger charge is -2.13. The van der Waals surface area contributed by atoms with Crippen molar-refractivity contribution in [1.29, 1.82) is 0 Å². The number of anilines is 2. The average Bonchev–Trinajstić information content (AvgIpc) is 3.14. The van der Waals surface area contributed by atoms with Crippen LogP contribution in [0.1, 0.15) is 44.0 Å². The Bertz CT molecular complexity index is 482. The highest BCUT2D eigenvalue weighted by molar-refractivity contribution is 5.81. The summed E-state index contributed by atoms with van der Waals surface area (Å²) in [5, 5.41) is 5.96. The number of rotatable bonds is 5. The maximum Gasteiger partial charge on any atom is 0.239 e. The molecule has 6 heteroatoms. The van der Waals surface area contributed by atoms with Crippen LogP contribution in [0.2, 0.25) is 0 Å². The summed E-state index contributed by atoms with van der Waals surface area (Å²) in [7, 11) is 0. The molecule has 0 saturated heterocycles. The van der Waals surface area contributed by atoms with E-state index in [2.05, 4.69) is 20.6 Å².